The van der Waals surface area contributed by atoms with E-state index in [0.717, 1.165) is 31.7 Å². The molecular formula is C13H21N3OS. The minimum atomic E-state index is -0.318. The molecule has 1 N–H and O–H groups in total. The molecule has 2 saturated heterocycles. The third kappa shape index (κ3) is 2.65. The van der Waals surface area contributed by atoms with Gasteiger partial charge in [-0.05, 0) is 12.8 Å². The number of carbonyl (C=O) groups is 1. The maximum atomic E-state index is 12.3. The average Bonchev–Trinajstić information content (AvgIpc) is 2.70. The number of hydrogen-bond acceptors (Lipinski definition) is 3. The van der Waals surface area contributed by atoms with Crippen LogP contribution in [-0.2, 0) is 4.79 Å². The van der Waals surface area contributed by atoms with Crippen molar-refractivity contribution in [2.24, 2.45) is 5.41 Å². The van der Waals surface area contributed by atoms with E-state index in [1.54, 1.807) is 0 Å². The summed E-state index contributed by atoms with van der Waals surface area (Å²) in [7, 11) is 0. The molecule has 0 aromatic rings. The lowest BCUT2D eigenvalue weighted by Crippen LogP contribution is -2.56. The van der Waals surface area contributed by atoms with E-state index in [4.69, 9.17) is 6.57 Å². The number of rotatable bonds is 0. The number of piperidine rings is 1. The first-order valence-electron chi connectivity index (χ1n) is 6.44. The van der Waals surface area contributed by atoms with Crippen LogP contribution in [0.1, 0.15) is 33.6 Å². The van der Waals surface area contributed by atoms with Gasteiger partial charge in [-0.25, -0.2) is 11.9 Å². The van der Waals surface area contributed by atoms with Gasteiger partial charge in [-0.2, -0.15) is 0 Å². The number of thioether (sulfide) groups is 1. The largest absolute Gasteiger partial charge is 0.340 e. The van der Waals surface area contributed by atoms with Crippen molar-refractivity contribution in [2.75, 3.05) is 18.8 Å². The fourth-order valence-electron chi connectivity index (χ4n) is 2.60. The molecule has 1 unspecified atom stereocenters. The molecule has 2 aliphatic heterocycles. The van der Waals surface area contributed by atoms with Crippen LogP contribution in [0.4, 0.5) is 0 Å². The summed E-state index contributed by atoms with van der Waals surface area (Å²) in [4.78, 5) is 17.8. The van der Waals surface area contributed by atoms with Gasteiger partial charge in [-0.15, -0.1) is 11.8 Å². The van der Waals surface area contributed by atoms with Crippen molar-refractivity contribution >= 4 is 17.7 Å². The van der Waals surface area contributed by atoms with Crippen LogP contribution in [0.5, 0.6) is 0 Å². The number of likely N-dealkylation sites (tertiary alicyclic amines) is 1. The van der Waals surface area contributed by atoms with E-state index in [0.29, 0.717) is 0 Å². The highest BCUT2D eigenvalue weighted by Gasteiger charge is 2.46. The second kappa shape index (κ2) is 4.75. The number of hydrogen-bond donors (Lipinski definition) is 1. The normalized spacial score (nSPS) is 32.6. The minimum Gasteiger partial charge on any atom is -0.340 e. The smallest absolute Gasteiger partial charge is 0.287 e. The first kappa shape index (κ1) is 13.7. The Morgan fingerprint density at radius 1 is 1.56 bits per heavy atom. The monoisotopic (exact) mass is 267 g/mol. The molecule has 18 heavy (non-hydrogen) atoms. The lowest BCUT2D eigenvalue weighted by molar-refractivity contribution is -0.141. The van der Waals surface area contributed by atoms with Crippen molar-refractivity contribution in [3.63, 3.8) is 0 Å². The maximum absolute atomic E-state index is 12.3. The summed E-state index contributed by atoms with van der Waals surface area (Å²) in [5.41, 5.74) is -0.318. The van der Waals surface area contributed by atoms with Crippen molar-refractivity contribution in [1.29, 1.82) is 0 Å². The van der Waals surface area contributed by atoms with Crippen LogP contribution >= 0.6 is 11.8 Å². The Morgan fingerprint density at radius 3 is 2.83 bits per heavy atom. The molecule has 0 saturated carbocycles. The molecular weight excluding hydrogens is 246 g/mol. The molecule has 0 bridgehead atoms. The topological polar surface area (TPSA) is 36.7 Å². The summed E-state index contributed by atoms with van der Waals surface area (Å²) >= 11 is 1.81. The zero-order chi connectivity index (χ0) is 13.4. The van der Waals surface area contributed by atoms with E-state index in [1.165, 1.54) is 0 Å². The number of amides is 1. The highest BCUT2D eigenvalue weighted by Crippen LogP contribution is 2.39. The van der Waals surface area contributed by atoms with E-state index in [2.05, 4.69) is 10.2 Å². The predicted octanol–water partition coefficient (Wildman–Crippen LogP) is 1.93. The fraction of sp³-hybridized carbons (Fsp3) is 0.846. The molecule has 4 nitrogen and oxygen atoms in total. The first-order valence-corrected chi connectivity index (χ1v) is 7.42. The summed E-state index contributed by atoms with van der Waals surface area (Å²) in [6.45, 7) is 14.6. The van der Waals surface area contributed by atoms with Crippen LogP contribution in [0.15, 0.2) is 0 Å². The van der Waals surface area contributed by atoms with Crippen LogP contribution < -0.4 is 5.32 Å². The Morgan fingerprint density at radius 2 is 2.28 bits per heavy atom. The summed E-state index contributed by atoms with van der Waals surface area (Å²) in [5.74, 6) is 1.05. The van der Waals surface area contributed by atoms with Crippen LogP contribution in [0.2, 0.25) is 0 Å². The standard InChI is InChI=1S/C13H21N3OS/c1-12(2,3)11(17)16-7-5-6-13(9-16)15-10(14-4)8-18-13/h10,15H,5-9H2,1-3H3/t10-,13?/m0/s1. The van der Waals surface area contributed by atoms with Gasteiger partial charge in [0.05, 0.1) is 10.6 Å². The second-order valence-corrected chi connectivity index (χ2v) is 7.58. The molecule has 5 heteroatoms. The van der Waals surface area contributed by atoms with Crippen molar-refractivity contribution in [2.45, 2.75) is 44.6 Å². The van der Waals surface area contributed by atoms with E-state index in [-0.39, 0.29) is 22.4 Å². The number of nitrogens with one attached hydrogen (secondary N) is 1. The van der Waals surface area contributed by atoms with Gasteiger partial charge in [-0.3, -0.25) is 9.64 Å². The van der Waals surface area contributed by atoms with Gasteiger partial charge in [0.2, 0.25) is 5.91 Å². The summed E-state index contributed by atoms with van der Waals surface area (Å²) in [6, 6.07) is 0. The maximum Gasteiger partial charge on any atom is 0.287 e. The molecule has 2 fully saturated rings. The zero-order valence-corrected chi connectivity index (χ0v) is 12.1. The molecule has 2 rings (SSSR count). The molecule has 0 aromatic carbocycles. The van der Waals surface area contributed by atoms with Gasteiger partial charge in [0.15, 0.2) is 0 Å². The summed E-state index contributed by atoms with van der Waals surface area (Å²) in [6.07, 6.45) is 1.99. The van der Waals surface area contributed by atoms with Gasteiger partial charge >= 0.3 is 0 Å². The van der Waals surface area contributed by atoms with Gasteiger partial charge < -0.3 is 4.90 Å². The molecule has 2 atom stereocenters. The van der Waals surface area contributed by atoms with Crippen LogP contribution in [0, 0.1) is 12.0 Å². The predicted molar refractivity (Wildman–Crippen MR) is 74.0 cm³/mol. The van der Waals surface area contributed by atoms with E-state index in [1.807, 2.05) is 37.4 Å². The van der Waals surface area contributed by atoms with Crippen molar-refractivity contribution in [3.05, 3.63) is 11.4 Å². The third-order valence-electron chi connectivity index (χ3n) is 3.49. The van der Waals surface area contributed by atoms with Gasteiger partial charge in [0, 0.05) is 18.5 Å². The van der Waals surface area contributed by atoms with Crippen LogP contribution in [0.3, 0.4) is 0 Å². The molecule has 1 spiro atoms. The van der Waals surface area contributed by atoms with Crippen molar-refractivity contribution in [1.82, 2.24) is 10.2 Å². The Labute approximate surface area is 113 Å². The molecule has 0 aliphatic carbocycles. The lowest BCUT2D eigenvalue weighted by atomic mass is 9.92. The Balaban J connectivity index is 2.06. The van der Waals surface area contributed by atoms with Gasteiger partial charge in [0.25, 0.3) is 6.17 Å². The number of nitrogens with zero attached hydrogens (tertiary/aromatic N) is 2. The fourth-order valence-corrected chi connectivity index (χ4v) is 3.99. The Kier molecular flexibility index (Phi) is 3.61. The molecule has 1 amide bonds. The SMILES string of the molecule is [C-]#[N+][C@@H]1CSC2(CCCN(C(=O)C(C)(C)C)C2)N1. The van der Waals surface area contributed by atoms with Crippen molar-refractivity contribution in [3.8, 4) is 0 Å². The van der Waals surface area contributed by atoms with Gasteiger partial charge in [0.1, 0.15) is 0 Å². The molecule has 0 aromatic heterocycles. The molecule has 0 radical (unpaired) electrons. The van der Waals surface area contributed by atoms with E-state index < -0.39 is 0 Å². The average molecular weight is 267 g/mol. The Bertz CT molecular complexity index is 385. The van der Waals surface area contributed by atoms with E-state index >= 15 is 0 Å². The summed E-state index contributed by atoms with van der Waals surface area (Å²) in [5, 5.41) is 3.41. The first-order chi connectivity index (χ1) is 8.36. The molecule has 100 valence electrons. The highest BCUT2D eigenvalue weighted by atomic mass is 32.2. The third-order valence-corrected chi connectivity index (χ3v) is 4.97. The van der Waals surface area contributed by atoms with Gasteiger partial charge in [-0.1, -0.05) is 20.8 Å². The Hall–Kier alpha value is -0.730. The highest BCUT2D eigenvalue weighted by molar-refractivity contribution is 8.01. The quantitative estimate of drug-likeness (QED) is 0.681. The zero-order valence-electron chi connectivity index (χ0n) is 11.3. The second-order valence-electron chi connectivity index (χ2n) is 6.17. The van der Waals surface area contributed by atoms with Crippen LogP contribution in [0.25, 0.3) is 4.85 Å². The van der Waals surface area contributed by atoms with E-state index in [9.17, 15) is 4.79 Å². The molecule has 2 aliphatic rings. The summed E-state index contributed by atoms with van der Waals surface area (Å²) < 4.78 is 0. The number of carbonyl (C=O) groups excluding carboxylic acids is 1. The van der Waals surface area contributed by atoms with Crippen LogP contribution in [-0.4, -0.2) is 40.7 Å². The molecule has 2 heterocycles. The lowest BCUT2D eigenvalue weighted by Gasteiger charge is -2.41. The minimum absolute atomic E-state index is 0.0750. The van der Waals surface area contributed by atoms with Crippen molar-refractivity contribution < 1.29 is 4.79 Å².